The highest BCUT2D eigenvalue weighted by atomic mass is 16.6. The maximum atomic E-state index is 12.0. The molecule has 2 aromatic carbocycles. The van der Waals surface area contributed by atoms with Crippen LogP contribution in [0.25, 0.3) is 0 Å². The van der Waals surface area contributed by atoms with E-state index in [-0.39, 0.29) is 23.7 Å². The molecule has 27 heavy (non-hydrogen) atoms. The first-order chi connectivity index (χ1) is 12.8. The third-order valence-electron chi connectivity index (χ3n) is 4.29. The van der Waals surface area contributed by atoms with Crippen LogP contribution in [0.4, 0.5) is 11.4 Å². The van der Waals surface area contributed by atoms with Crippen molar-refractivity contribution in [3.05, 3.63) is 69.3 Å². The van der Waals surface area contributed by atoms with Crippen LogP contribution in [0.2, 0.25) is 0 Å². The molecule has 0 spiro atoms. The number of rotatable bonds is 7. The summed E-state index contributed by atoms with van der Waals surface area (Å²) < 4.78 is 5.00. The van der Waals surface area contributed by atoms with Crippen molar-refractivity contribution >= 4 is 23.3 Å². The summed E-state index contributed by atoms with van der Waals surface area (Å²) in [6.07, 6.45) is 0.140. The highest BCUT2D eigenvalue weighted by Crippen LogP contribution is 2.28. The average molecular weight is 370 g/mol. The summed E-state index contributed by atoms with van der Waals surface area (Å²) in [5.74, 6) is -1.17. The summed E-state index contributed by atoms with van der Waals surface area (Å²) >= 11 is 0. The first kappa shape index (κ1) is 20.1. The number of carbonyl (C=O) groups is 2. The van der Waals surface area contributed by atoms with Crippen molar-refractivity contribution in [2.45, 2.75) is 33.1 Å². The molecule has 0 aromatic heterocycles. The first-order valence-corrected chi connectivity index (χ1v) is 8.54. The zero-order chi connectivity index (χ0) is 20.0. The van der Waals surface area contributed by atoms with Crippen LogP contribution in [0.1, 0.15) is 36.0 Å². The number of hydrogen-bond donors (Lipinski definition) is 1. The molecule has 0 radical (unpaired) electrons. The lowest BCUT2D eigenvalue weighted by atomic mass is 9.98. The molecule has 7 heteroatoms. The highest BCUT2D eigenvalue weighted by molar-refractivity contribution is 5.95. The number of carbonyl (C=O) groups excluding carboxylic acids is 2. The van der Waals surface area contributed by atoms with Gasteiger partial charge < -0.3 is 10.1 Å². The molecule has 2 aromatic rings. The van der Waals surface area contributed by atoms with Crippen molar-refractivity contribution in [1.29, 1.82) is 0 Å². The number of aryl methyl sites for hydroxylation is 2. The van der Waals surface area contributed by atoms with Crippen LogP contribution in [-0.4, -0.2) is 23.4 Å². The Bertz CT molecular complexity index is 849. The van der Waals surface area contributed by atoms with Crippen LogP contribution in [0.5, 0.6) is 0 Å². The first-order valence-electron chi connectivity index (χ1n) is 8.54. The quantitative estimate of drug-likeness (QED) is 0.453. The summed E-state index contributed by atoms with van der Waals surface area (Å²) in [7, 11) is 0. The molecule has 0 aliphatic heterocycles. The van der Waals surface area contributed by atoms with Crippen molar-refractivity contribution in [2.75, 3.05) is 11.9 Å². The largest absolute Gasteiger partial charge is 0.456 e. The van der Waals surface area contributed by atoms with Crippen molar-refractivity contribution in [3.8, 4) is 0 Å². The van der Waals surface area contributed by atoms with Crippen LogP contribution >= 0.6 is 0 Å². The molecule has 1 atom stereocenters. The van der Waals surface area contributed by atoms with Gasteiger partial charge in [0, 0.05) is 6.07 Å². The summed E-state index contributed by atoms with van der Waals surface area (Å²) in [6, 6.07) is 12.4. The molecule has 0 aliphatic rings. The number of hydrogen-bond acceptors (Lipinski definition) is 5. The van der Waals surface area contributed by atoms with E-state index < -0.39 is 23.4 Å². The van der Waals surface area contributed by atoms with Crippen LogP contribution in [0.15, 0.2) is 42.5 Å². The van der Waals surface area contributed by atoms with E-state index in [9.17, 15) is 19.7 Å². The van der Waals surface area contributed by atoms with Gasteiger partial charge in [0.05, 0.1) is 11.3 Å². The summed E-state index contributed by atoms with van der Waals surface area (Å²) in [4.78, 5) is 34.6. The maximum absolute atomic E-state index is 12.0. The van der Waals surface area contributed by atoms with Crippen molar-refractivity contribution < 1.29 is 19.2 Å². The smallest absolute Gasteiger partial charge is 0.306 e. The van der Waals surface area contributed by atoms with Gasteiger partial charge in [0.25, 0.3) is 11.6 Å². The number of nitro groups is 1. The van der Waals surface area contributed by atoms with E-state index >= 15 is 0 Å². The Hall–Kier alpha value is -3.22. The number of ether oxygens (including phenoxy) is 1. The Morgan fingerprint density at radius 1 is 1.15 bits per heavy atom. The van der Waals surface area contributed by atoms with Crippen LogP contribution in [-0.2, 0) is 14.3 Å². The zero-order valence-electron chi connectivity index (χ0n) is 15.5. The van der Waals surface area contributed by atoms with E-state index in [0.717, 1.165) is 16.7 Å². The third kappa shape index (κ3) is 5.64. The van der Waals surface area contributed by atoms with Gasteiger partial charge in [-0.3, -0.25) is 19.7 Å². The van der Waals surface area contributed by atoms with Gasteiger partial charge in [0.1, 0.15) is 5.69 Å². The fraction of sp³-hybridized carbons (Fsp3) is 0.300. The lowest BCUT2D eigenvalue weighted by molar-refractivity contribution is -0.384. The van der Waals surface area contributed by atoms with Crippen LogP contribution in [0, 0.1) is 24.0 Å². The number of anilines is 1. The molecule has 0 heterocycles. The minimum absolute atomic E-state index is 0.0393. The second-order valence-electron chi connectivity index (χ2n) is 6.44. The van der Waals surface area contributed by atoms with Gasteiger partial charge in [0.15, 0.2) is 6.61 Å². The SMILES string of the molecule is Cc1cc(NC(=O)COC(=O)C[C@H](C)c2ccccc2)c([N+](=O)[O-])cc1C. The Kier molecular flexibility index (Phi) is 6.65. The summed E-state index contributed by atoms with van der Waals surface area (Å²) in [6.45, 7) is 4.95. The number of benzene rings is 2. The Balaban J connectivity index is 1.92. The van der Waals surface area contributed by atoms with Crippen LogP contribution < -0.4 is 5.32 Å². The predicted molar refractivity (Wildman–Crippen MR) is 102 cm³/mol. The number of esters is 1. The fourth-order valence-electron chi connectivity index (χ4n) is 2.59. The molecule has 0 fully saturated rings. The van der Waals surface area contributed by atoms with Gasteiger partial charge in [-0.1, -0.05) is 37.3 Å². The molecule has 0 aliphatic carbocycles. The Morgan fingerprint density at radius 2 is 1.78 bits per heavy atom. The van der Waals surface area contributed by atoms with Gasteiger partial charge in [-0.15, -0.1) is 0 Å². The summed E-state index contributed by atoms with van der Waals surface area (Å²) in [5, 5.41) is 13.6. The monoisotopic (exact) mass is 370 g/mol. The number of nitrogens with zero attached hydrogens (tertiary/aromatic N) is 1. The molecule has 0 unspecified atom stereocenters. The van der Waals surface area contributed by atoms with E-state index in [2.05, 4.69) is 5.32 Å². The van der Waals surface area contributed by atoms with Gasteiger partial charge in [-0.05, 0) is 42.5 Å². The van der Waals surface area contributed by atoms with Gasteiger partial charge in [-0.2, -0.15) is 0 Å². The van der Waals surface area contributed by atoms with Gasteiger partial charge in [0.2, 0.25) is 0 Å². The summed E-state index contributed by atoms with van der Waals surface area (Å²) in [5.41, 5.74) is 2.45. The van der Waals surface area contributed by atoms with Crippen molar-refractivity contribution in [3.63, 3.8) is 0 Å². The van der Waals surface area contributed by atoms with Crippen molar-refractivity contribution in [1.82, 2.24) is 0 Å². The van der Waals surface area contributed by atoms with Crippen LogP contribution in [0.3, 0.4) is 0 Å². The van der Waals surface area contributed by atoms with E-state index in [4.69, 9.17) is 4.74 Å². The van der Waals surface area contributed by atoms with E-state index in [1.807, 2.05) is 37.3 Å². The minimum Gasteiger partial charge on any atom is -0.456 e. The second-order valence-corrected chi connectivity index (χ2v) is 6.44. The lowest BCUT2D eigenvalue weighted by Crippen LogP contribution is -2.22. The molecule has 142 valence electrons. The van der Waals surface area contributed by atoms with E-state index in [1.54, 1.807) is 13.8 Å². The molecule has 0 saturated heterocycles. The minimum atomic E-state index is -0.623. The van der Waals surface area contributed by atoms with Crippen molar-refractivity contribution in [2.24, 2.45) is 0 Å². The molecular weight excluding hydrogens is 348 g/mol. The third-order valence-corrected chi connectivity index (χ3v) is 4.29. The molecule has 0 bridgehead atoms. The maximum Gasteiger partial charge on any atom is 0.306 e. The highest BCUT2D eigenvalue weighted by Gasteiger charge is 2.19. The molecular formula is C20H22N2O5. The number of nitro benzene ring substituents is 1. The number of nitrogens with one attached hydrogen (secondary N) is 1. The lowest BCUT2D eigenvalue weighted by Gasteiger charge is -2.12. The molecule has 1 amide bonds. The molecule has 0 saturated carbocycles. The number of amides is 1. The van der Waals surface area contributed by atoms with Gasteiger partial charge >= 0.3 is 5.97 Å². The standard InChI is InChI=1S/C20H22N2O5/c1-13-9-17(18(22(25)26)10-14(13)2)21-19(23)12-27-20(24)11-15(3)16-7-5-4-6-8-16/h4-10,15H,11-12H2,1-3H3,(H,21,23)/t15-/m0/s1. The Morgan fingerprint density at radius 3 is 2.41 bits per heavy atom. The average Bonchev–Trinajstić information content (AvgIpc) is 2.63. The molecule has 1 N–H and O–H groups in total. The Labute approximate surface area is 157 Å². The topological polar surface area (TPSA) is 98.5 Å². The predicted octanol–water partition coefficient (Wildman–Crippen LogP) is 3.89. The fourth-order valence-corrected chi connectivity index (χ4v) is 2.59. The molecule has 2 rings (SSSR count). The second kappa shape index (κ2) is 8.93. The van der Waals surface area contributed by atoms with E-state index in [0.29, 0.717) is 0 Å². The normalized spacial score (nSPS) is 11.5. The van der Waals surface area contributed by atoms with E-state index in [1.165, 1.54) is 12.1 Å². The molecule has 7 nitrogen and oxygen atoms in total. The van der Waals surface area contributed by atoms with Gasteiger partial charge in [-0.25, -0.2) is 0 Å². The zero-order valence-corrected chi connectivity index (χ0v) is 15.5.